The van der Waals surface area contributed by atoms with Crippen LogP contribution in [0.25, 0.3) is 5.65 Å². The molecule has 8 heteroatoms. The lowest BCUT2D eigenvalue weighted by molar-refractivity contribution is 0.0930. The predicted octanol–water partition coefficient (Wildman–Crippen LogP) is 2.01. The molecule has 130 valence electrons. The molecule has 2 heterocycles. The zero-order chi connectivity index (χ0) is 18.0. The Hall–Kier alpha value is -2.74. The van der Waals surface area contributed by atoms with Crippen molar-refractivity contribution in [3.8, 4) is 0 Å². The number of amides is 1. The Morgan fingerprint density at radius 2 is 2.00 bits per heavy atom. The average molecular weight is 358 g/mol. The van der Waals surface area contributed by atoms with Crippen molar-refractivity contribution in [3.63, 3.8) is 0 Å². The van der Waals surface area contributed by atoms with E-state index in [1.165, 1.54) is 10.8 Å². The van der Waals surface area contributed by atoms with Crippen LogP contribution in [0, 0.1) is 0 Å². The molecule has 0 aliphatic carbocycles. The van der Waals surface area contributed by atoms with Crippen LogP contribution in [0.15, 0.2) is 53.7 Å². The number of benzene rings is 1. The van der Waals surface area contributed by atoms with Gasteiger partial charge in [-0.2, -0.15) is 5.10 Å². The Balaban J connectivity index is 1.80. The Kier molecular flexibility index (Phi) is 4.54. The fraction of sp³-hybridized carbons (Fsp3) is 0.235. The molecule has 0 saturated carbocycles. The van der Waals surface area contributed by atoms with Gasteiger partial charge >= 0.3 is 0 Å². The van der Waals surface area contributed by atoms with Gasteiger partial charge in [-0.05, 0) is 30.2 Å². The third-order valence-electron chi connectivity index (χ3n) is 3.89. The van der Waals surface area contributed by atoms with Crippen LogP contribution in [0.5, 0.6) is 0 Å². The molecule has 1 atom stereocenters. The van der Waals surface area contributed by atoms with E-state index in [0.717, 1.165) is 5.56 Å². The van der Waals surface area contributed by atoms with Gasteiger partial charge in [-0.15, -0.1) is 0 Å². The van der Waals surface area contributed by atoms with Crippen molar-refractivity contribution in [2.45, 2.75) is 24.3 Å². The molecular weight excluding hydrogens is 340 g/mol. The molecule has 0 saturated heterocycles. The van der Waals surface area contributed by atoms with E-state index in [9.17, 15) is 13.2 Å². The first-order valence-electron chi connectivity index (χ1n) is 7.80. The molecule has 2 aromatic heterocycles. The van der Waals surface area contributed by atoms with Crippen LogP contribution >= 0.6 is 0 Å². The zero-order valence-electron chi connectivity index (χ0n) is 13.9. The summed E-state index contributed by atoms with van der Waals surface area (Å²) in [5, 5.41) is 7.13. The topological polar surface area (TPSA) is 93.4 Å². The second-order valence-electron chi connectivity index (χ2n) is 5.73. The van der Waals surface area contributed by atoms with Crippen LogP contribution in [0.3, 0.4) is 0 Å². The maximum Gasteiger partial charge on any atom is 0.272 e. The molecule has 25 heavy (non-hydrogen) atoms. The van der Waals surface area contributed by atoms with Gasteiger partial charge in [0.15, 0.2) is 21.2 Å². The van der Waals surface area contributed by atoms with Crippen molar-refractivity contribution in [2.24, 2.45) is 0 Å². The SMILES string of the molecule is CC[C@@H](NC(=O)c1cc2ncccn2n1)c1ccc(S(C)(=O)=O)cc1. The monoisotopic (exact) mass is 358 g/mol. The number of nitrogens with one attached hydrogen (secondary N) is 1. The molecule has 0 radical (unpaired) electrons. The van der Waals surface area contributed by atoms with Crippen LogP contribution in [-0.2, 0) is 9.84 Å². The summed E-state index contributed by atoms with van der Waals surface area (Å²) in [5.41, 5.74) is 1.72. The lowest BCUT2D eigenvalue weighted by atomic mass is 10.0. The molecule has 1 aromatic carbocycles. The second-order valence-corrected chi connectivity index (χ2v) is 7.74. The summed E-state index contributed by atoms with van der Waals surface area (Å²) in [4.78, 5) is 16.9. The quantitative estimate of drug-likeness (QED) is 0.753. The van der Waals surface area contributed by atoms with Gasteiger partial charge in [-0.25, -0.2) is 17.9 Å². The maximum absolute atomic E-state index is 12.5. The van der Waals surface area contributed by atoms with Gasteiger partial charge in [-0.3, -0.25) is 4.79 Å². The van der Waals surface area contributed by atoms with Gasteiger partial charge in [0, 0.05) is 24.7 Å². The first kappa shape index (κ1) is 17.1. The Morgan fingerprint density at radius 1 is 1.28 bits per heavy atom. The number of rotatable bonds is 5. The summed E-state index contributed by atoms with van der Waals surface area (Å²) in [6, 6.07) is 9.66. The minimum atomic E-state index is -3.24. The highest BCUT2D eigenvalue weighted by molar-refractivity contribution is 7.90. The van der Waals surface area contributed by atoms with E-state index < -0.39 is 9.84 Å². The van der Waals surface area contributed by atoms with Crippen molar-refractivity contribution in [2.75, 3.05) is 6.26 Å². The van der Waals surface area contributed by atoms with E-state index >= 15 is 0 Å². The average Bonchev–Trinajstić information content (AvgIpc) is 3.03. The zero-order valence-corrected chi connectivity index (χ0v) is 14.7. The van der Waals surface area contributed by atoms with Gasteiger partial charge in [0.2, 0.25) is 0 Å². The van der Waals surface area contributed by atoms with Crippen molar-refractivity contribution in [1.82, 2.24) is 19.9 Å². The third-order valence-corrected chi connectivity index (χ3v) is 5.02. The van der Waals surface area contributed by atoms with Crippen molar-refractivity contribution < 1.29 is 13.2 Å². The number of hydrogen-bond donors (Lipinski definition) is 1. The number of fused-ring (bicyclic) bond motifs is 1. The number of nitrogens with zero attached hydrogens (tertiary/aromatic N) is 3. The number of hydrogen-bond acceptors (Lipinski definition) is 5. The Bertz CT molecular complexity index is 977. The molecule has 3 rings (SSSR count). The summed E-state index contributed by atoms with van der Waals surface area (Å²) in [7, 11) is -3.24. The highest BCUT2D eigenvalue weighted by Crippen LogP contribution is 2.20. The number of aromatic nitrogens is 3. The number of sulfone groups is 1. The number of carbonyl (C=O) groups excluding carboxylic acids is 1. The lowest BCUT2D eigenvalue weighted by Crippen LogP contribution is -2.28. The summed E-state index contributed by atoms with van der Waals surface area (Å²) >= 11 is 0. The number of carbonyl (C=O) groups is 1. The summed E-state index contributed by atoms with van der Waals surface area (Å²) in [6.45, 7) is 1.95. The normalized spacial score (nSPS) is 12.9. The fourth-order valence-electron chi connectivity index (χ4n) is 2.54. The van der Waals surface area contributed by atoms with Gasteiger partial charge in [0.25, 0.3) is 5.91 Å². The summed E-state index contributed by atoms with van der Waals surface area (Å²) in [6.07, 6.45) is 5.19. The van der Waals surface area contributed by atoms with E-state index in [0.29, 0.717) is 12.1 Å². The first-order chi connectivity index (χ1) is 11.9. The minimum Gasteiger partial charge on any atom is -0.344 e. The van der Waals surface area contributed by atoms with Crippen molar-refractivity contribution >= 4 is 21.4 Å². The minimum absolute atomic E-state index is 0.237. The van der Waals surface area contributed by atoms with Gasteiger partial charge in [0.1, 0.15) is 0 Å². The Labute approximate surface area is 145 Å². The van der Waals surface area contributed by atoms with Gasteiger partial charge in [-0.1, -0.05) is 19.1 Å². The highest BCUT2D eigenvalue weighted by Gasteiger charge is 2.17. The molecule has 0 unspecified atom stereocenters. The van der Waals surface area contributed by atoms with Crippen LogP contribution in [-0.4, -0.2) is 35.2 Å². The summed E-state index contributed by atoms with van der Waals surface area (Å²) < 4.78 is 24.6. The molecule has 0 fully saturated rings. The van der Waals surface area contributed by atoms with E-state index in [4.69, 9.17) is 0 Å². The molecule has 1 N–H and O–H groups in total. The van der Waals surface area contributed by atoms with Crippen LogP contribution in [0.4, 0.5) is 0 Å². The largest absolute Gasteiger partial charge is 0.344 e. The standard InChI is InChI=1S/C17H18N4O3S/c1-3-14(12-5-7-13(8-6-12)25(2,23)24)19-17(22)15-11-16-18-9-4-10-21(16)20-15/h4-11,14H,3H2,1-2H3,(H,19,22)/t14-/m1/s1. The molecule has 7 nitrogen and oxygen atoms in total. The molecule has 1 amide bonds. The van der Waals surface area contributed by atoms with E-state index in [1.807, 2.05) is 6.92 Å². The molecule has 0 bridgehead atoms. The van der Waals surface area contributed by atoms with Crippen molar-refractivity contribution in [1.29, 1.82) is 0 Å². The van der Waals surface area contributed by atoms with Crippen LogP contribution < -0.4 is 5.32 Å². The molecule has 0 aliphatic heterocycles. The molecule has 0 spiro atoms. The molecular formula is C17H18N4O3S. The maximum atomic E-state index is 12.5. The summed E-state index contributed by atoms with van der Waals surface area (Å²) in [5.74, 6) is -0.301. The lowest BCUT2D eigenvalue weighted by Gasteiger charge is -2.17. The van der Waals surface area contributed by atoms with E-state index in [1.54, 1.807) is 48.8 Å². The molecule has 3 aromatic rings. The van der Waals surface area contributed by atoms with Crippen molar-refractivity contribution in [3.05, 3.63) is 60.0 Å². The van der Waals surface area contributed by atoms with Crippen LogP contribution in [0.1, 0.15) is 35.4 Å². The van der Waals surface area contributed by atoms with Gasteiger partial charge < -0.3 is 5.32 Å². The van der Waals surface area contributed by atoms with Gasteiger partial charge in [0.05, 0.1) is 10.9 Å². The smallest absolute Gasteiger partial charge is 0.272 e. The van der Waals surface area contributed by atoms with E-state index in [-0.39, 0.29) is 22.5 Å². The van der Waals surface area contributed by atoms with E-state index in [2.05, 4.69) is 15.4 Å². The van der Waals surface area contributed by atoms with Crippen LogP contribution in [0.2, 0.25) is 0 Å². The third kappa shape index (κ3) is 3.69. The fourth-order valence-corrected chi connectivity index (χ4v) is 3.17. The second kappa shape index (κ2) is 6.64. The highest BCUT2D eigenvalue weighted by atomic mass is 32.2. The molecule has 0 aliphatic rings. The Morgan fingerprint density at radius 3 is 2.60 bits per heavy atom. The predicted molar refractivity (Wildman–Crippen MR) is 93.0 cm³/mol. The first-order valence-corrected chi connectivity index (χ1v) is 9.69.